The summed E-state index contributed by atoms with van der Waals surface area (Å²) in [6.07, 6.45) is 1.75. The molecular weight excluding hydrogens is 372 g/mol. The Labute approximate surface area is 179 Å². The minimum atomic E-state index is -0.211. The number of nitriles is 1. The number of carbonyl (C=O) groups excluding carboxylic acids is 1. The highest BCUT2D eigenvalue weighted by atomic mass is 16.2. The number of benzene rings is 2. The molecule has 0 atom stereocenters. The maximum Gasteiger partial charge on any atom is 0.266 e. The van der Waals surface area contributed by atoms with Crippen LogP contribution in [0.25, 0.3) is 0 Å². The second-order valence-corrected chi connectivity index (χ2v) is 8.03. The molecule has 1 aliphatic rings. The van der Waals surface area contributed by atoms with E-state index < -0.39 is 0 Å². The Bertz CT molecular complexity index is 922. The van der Waals surface area contributed by atoms with E-state index in [1.165, 1.54) is 11.3 Å². The molecule has 1 amide bonds. The van der Waals surface area contributed by atoms with Crippen molar-refractivity contribution in [2.24, 2.45) is 0 Å². The van der Waals surface area contributed by atoms with Crippen LogP contribution in [0.4, 0.5) is 5.69 Å². The summed E-state index contributed by atoms with van der Waals surface area (Å²) in [6.45, 7) is 9.86. The van der Waals surface area contributed by atoms with Crippen LogP contribution in [0.15, 0.2) is 66.4 Å². The fourth-order valence-electron chi connectivity index (χ4n) is 3.67. The molecule has 0 saturated carbocycles. The van der Waals surface area contributed by atoms with Gasteiger partial charge < -0.3 is 14.7 Å². The second-order valence-electron chi connectivity index (χ2n) is 8.03. The Kier molecular flexibility index (Phi) is 7.13. The lowest BCUT2D eigenvalue weighted by molar-refractivity contribution is -0.129. The molecule has 0 bridgehead atoms. The van der Waals surface area contributed by atoms with Crippen LogP contribution >= 0.6 is 0 Å². The highest BCUT2D eigenvalue weighted by Crippen LogP contribution is 2.19. The minimum Gasteiger partial charge on any atom is -0.373 e. The number of carbonyl (C=O) groups is 1. The summed E-state index contributed by atoms with van der Waals surface area (Å²) in [6, 6.07) is 20.5. The molecule has 1 saturated heterocycles. The second kappa shape index (κ2) is 9.98. The Balaban J connectivity index is 1.67. The van der Waals surface area contributed by atoms with Crippen LogP contribution < -0.4 is 4.90 Å². The van der Waals surface area contributed by atoms with Gasteiger partial charge in [0.1, 0.15) is 11.6 Å². The lowest BCUT2D eigenvalue weighted by Gasteiger charge is -2.36. The summed E-state index contributed by atoms with van der Waals surface area (Å²) in [4.78, 5) is 19.3. The van der Waals surface area contributed by atoms with Crippen molar-refractivity contribution < 1.29 is 4.79 Å². The zero-order valence-corrected chi connectivity index (χ0v) is 18.1. The molecule has 156 valence electrons. The zero-order valence-electron chi connectivity index (χ0n) is 18.1. The molecule has 0 N–H and O–H groups in total. The number of anilines is 1. The van der Waals surface area contributed by atoms with Gasteiger partial charge in [-0.15, -0.1) is 0 Å². The number of amides is 1. The summed E-state index contributed by atoms with van der Waals surface area (Å²) in [5.74, 6) is -0.211. The molecule has 30 heavy (non-hydrogen) atoms. The van der Waals surface area contributed by atoms with E-state index >= 15 is 0 Å². The van der Waals surface area contributed by atoms with Crippen LogP contribution in [0, 0.1) is 18.3 Å². The quantitative estimate of drug-likeness (QED) is 0.542. The lowest BCUT2D eigenvalue weighted by Crippen LogP contribution is -2.45. The van der Waals surface area contributed by atoms with Crippen LogP contribution in [0.5, 0.6) is 0 Å². The van der Waals surface area contributed by atoms with Gasteiger partial charge in [0.25, 0.3) is 5.91 Å². The third-order valence-corrected chi connectivity index (χ3v) is 5.42. The molecule has 3 rings (SSSR count). The molecule has 2 aromatic rings. The molecule has 5 heteroatoms. The van der Waals surface area contributed by atoms with Crippen LogP contribution in [0.2, 0.25) is 0 Å². The van der Waals surface area contributed by atoms with Gasteiger partial charge in [-0.05, 0) is 44.0 Å². The van der Waals surface area contributed by atoms with Crippen molar-refractivity contribution in [3.05, 3.63) is 77.5 Å². The number of aryl methyl sites for hydroxylation is 1. The SMILES string of the molecule is Cc1cccc(N2CCN(/C=C(/C#N)C(=O)N(Cc3ccccc3)C(C)C)CC2)c1. The summed E-state index contributed by atoms with van der Waals surface area (Å²) in [5, 5.41) is 9.68. The van der Waals surface area contributed by atoms with Crippen LogP contribution in [0.1, 0.15) is 25.0 Å². The summed E-state index contributed by atoms with van der Waals surface area (Å²) in [7, 11) is 0. The molecule has 1 heterocycles. The molecule has 0 spiro atoms. The minimum absolute atomic E-state index is 0.00706. The lowest BCUT2D eigenvalue weighted by atomic mass is 10.1. The molecule has 0 aliphatic carbocycles. The third kappa shape index (κ3) is 5.42. The normalized spacial score (nSPS) is 14.6. The third-order valence-electron chi connectivity index (χ3n) is 5.42. The molecule has 0 aromatic heterocycles. The Morgan fingerprint density at radius 1 is 1.10 bits per heavy atom. The van der Waals surface area contributed by atoms with Gasteiger partial charge in [0.2, 0.25) is 0 Å². The average molecular weight is 403 g/mol. The molecular formula is C25H30N4O. The maximum atomic E-state index is 13.1. The van der Waals surface area contributed by atoms with Crippen molar-refractivity contribution in [3.63, 3.8) is 0 Å². The Hall–Kier alpha value is -3.26. The fourth-order valence-corrected chi connectivity index (χ4v) is 3.67. The summed E-state index contributed by atoms with van der Waals surface area (Å²) < 4.78 is 0. The summed E-state index contributed by atoms with van der Waals surface area (Å²) >= 11 is 0. The zero-order chi connectivity index (χ0) is 21.5. The first kappa shape index (κ1) is 21.4. The van der Waals surface area contributed by atoms with Gasteiger partial charge in [-0.3, -0.25) is 4.79 Å². The topological polar surface area (TPSA) is 50.6 Å². The average Bonchev–Trinajstić information content (AvgIpc) is 2.76. The van der Waals surface area contributed by atoms with Gasteiger partial charge in [-0.1, -0.05) is 42.5 Å². The molecule has 0 unspecified atom stereocenters. The van der Waals surface area contributed by atoms with Gasteiger partial charge in [-0.2, -0.15) is 5.26 Å². The van der Waals surface area contributed by atoms with Gasteiger partial charge in [0.05, 0.1) is 0 Å². The van der Waals surface area contributed by atoms with E-state index in [9.17, 15) is 10.1 Å². The number of hydrogen-bond acceptors (Lipinski definition) is 4. The summed E-state index contributed by atoms with van der Waals surface area (Å²) in [5.41, 5.74) is 3.73. The monoisotopic (exact) mass is 402 g/mol. The van der Waals surface area contributed by atoms with Gasteiger partial charge >= 0.3 is 0 Å². The van der Waals surface area contributed by atoms with Crippen LogP contribution in [-0.2, 0) is 11.3 Å². The van der Waals surface area contributed by atoms with Crippen molar-refractivity contribution >= 4 is 11.6 Å². The number of hydrogen-bond donors (Lipinski definition) is 0. The Morgan fingerprint density at radius 2 is 1.80 bits per heavy atom. The van der Waals surface area contributed by atoms with Crippen LogP contribution in [0.3, 0.4) is 0 Å². The highest BCUT2D eigenvalue weighted by Gasteiger charge is 2.23. The van der Waals surface area contributed by atoms with Crippen molar-refractivity contribution in [2.75, 3.05) is 31.1 Å². The smallest absolute Gasteiger partial charge is 0.266 e. The fraction of sp³-hybridized carbons (Fsp3) is 0.360. The molecule has 1 fully saturated rings. The van der Waals surface area contributed by atoms with Crippen LogP contribution in [-0.4, -0.2) is 47.9 Å². The molecule has 0 radical (unpaired) electrons. The van der Waals surface area contributed by atoms with Gasteiger partial charge in [0.15, 0.2) is 0 Å². The van der Waals surface area contributed by atoms with Crippen molar-refractivity contribution in [1.82, 2.24) is 9.80 Å². The van der Waals surface area contributed by atoms with Crippen molar-refractivity contribution in [3.8, 4) is 6.07 Å². The first-order valence-electron chi connectivity index (χ1n) is 10.5. The predicted octanol–water partition coefficient (Wildman–Crippen LogP) is 3.96. The van der Waals surface area contributed by atoms with E-state index in [1.54, 1.807) is 11.1 Å². The van der Waals surface area contributed by atoms with E-state index in [-0.39, 0.29) is 17.5 Å². The maximum absolute atomic E-state index is 13.1. The molecule has 5 nitrogen and oxygen atoms in total. The largest absolute Gasteiger partial charge is 0.373 e. The number of nitrogens with zero attached hydrogens (tertiary/aromatic N) is 4. The van der Waals surface area contributed by atoms with E-state index in [1.807, 2.05) is 44.2 Å². The predicted molar refractivity (Wildman–Crippen MR) is 121 cm³/mol. The highest BCUT2D eigenvalue weighted by molar-refractivity contribution is 5.97. The van der Waals surface area contributed by atoms with E-state index in [0.717, 1.165) is 31.7 Å². The van der Waals surface area contributed by atoms with E-state index in [0.29, 0.717) is 6.54 Å². The van der Waals surface area contributed by atoms with Gasteiger partial charge in [0, 0.05) is 50.7 Å². The first-order chi connectivity index (χ1) is 14.5. The van der Waals surface area contributed by atoms with Crippen molar-refractivity contribution in [1.29, 1.82) is 5.26 Å². The van der Waals surface area contributed by atoms with E-state index in [2.05, 4.69) is 47.1 Å². The number of rotatable bonds is 6. The van der Waals surface area contributed by atoms with Crippen molar-refractivity contribution in [2.45, 2.75) is 33.4 Å². The Morgan fingerprint density at radius 3 is 2.40 bits per heavy atom. The standard InChI is InChI=1S/C25H30N4O/c1-20(2)29(18-22-9-5-4-6-10-22)25(30)23(17-26)19-27-12-14-28(15-13-27)24-11-7-8-21(3)16-24/h4-11,16,19-20H,12-15,18H2,1-3H3/b23-19-. The molecule has 1 aliphatic heterocycles. The number of piperazine rings is 1. The van der Waals surface area contributed by atoms with Gasteiger partial charge in [-0.25, -0.2) is 0 Å². The van der Waals surface area contributed by atoms with E-state index in [4.69, 9.17) is 0 Å². The first-order valence-corrected chi connectivity index (χ1v) is 10.5. The molecule has 2 aromatic carbocycles.